The van der Waals surface area contributed by atoms with Crippen molar-refractivity contribution in [3.8, 4) is 23.3 Å². The van der Waals surface area contributed by atoms with Crippen LogP contribution in [0.5, 0.6) is 17.2 Å². The van der Waals surface area contributed by atoms with Crippen molar-refractivity contribution in [2.45, 2.75) is 33.6 Å². The van der Waals surface area contributed by atoms with Crippen molar-refractivity contribution < 1.29 is 19.0 Å². The number of amides is 1. The molecule has 0 aliphatic carbocycles. The molecule has 2 aromatic carbocycles. The van der Waals surface area contributed by atoms with E-state index in [0.717, 1.165) is 33.9 Å². The second-order valence-electron chi connectivity index (χ2n) is 7.74. The van der Waals surface area contributed by atoms with Gasteiger partial charge in [0.15, 0.2) is 11.5 Å². The molecule has 1 amide bonds. The van der Waals surface area contributed by atoms with Gasteiger partial charge in [-0.1, -0.05) is 30.4 Å². The van der Waals surface area contributed by atoms with Gasteiger partial charge >= 0.3 is 0 Å². The molecule has 1 aromatic heterocycles. The Kier molecular flexibility index (Phi) is 8.82. The maximum atomic E-state index is 12.5. The van der Waals surface area contributed by atoms with E-state index in [1.54, 1.807) is 19.2 Å². The fourth-order valence-electron chi connectivity index (χ4n) is 3.36. The Morgan fingerprint density at radius 3 is 2.47 bits per heavy atom. The van der Waals surface area contributed by atoms with Crippen LogP contribution in [0.25, 0.3) is 0 Å². The quantitative estimate of drug-likeness (QED) is 0.403. The molecule has 0 aliphatic rings. The monoisotopic (exact) mass is 480 g/mol. The van der Waals surface area contributed by atoms with E-state index in [-0.39, 0.29) is 6.42 Å². The van der Waals surface area contributed by atoms with Gasteiger partial charge in [0.25, 0.3) is 0 Å². The number of nitriles is 1. The maximum absolute atomic E-state index is 12.5. The number of hydrogen-bond donors (Lipinski definition) is 1. The number of aryl methyl sites for hydroxylation is 3. The molecule has 178 valence electrons. The fourth-order valence-corrected chi connectivity index (χ4v) is 4.04. The minimum atomic E-state index is -0.878. The topological polar surface area (TPSA) is 106 Å². The molecule has 1 unspecified atom stereocenters. The van der Waals surface area contributed by atoms with Crippen LogP contribution in [0.1, 0.15) is 28.6 Å². The molecule has 0 radical (unpaired) electrons. The summed E-state index contributed by atoms with van der Waals surface area (Å²) in [5.41, 5.74) is 3.07. The first kappa shape index (κ1) is 25.0. The van der Waals surface area contributed by atoms with Gasteiger partial charge in [0.1, 0.15) is 29.9 Å². The molecule has 3 rings (SSSR count). The van der Waals surface area contributed by atoms with Crippen LogP contribution in [0.2, 0.25) is 0 Å². The van der Waals surface area contributed by atoms with Crippen molar-refractivity contribution in [1.82, 2.24) is 10.2 Å². The molecule has 3 aromatic rings. The third-order valence-electron chi connectivity index (χ3n) is 4.94. The van der Waals surface area contributed by atoms with Crippen molar-refractivity contribution in [1.29, 1.82) is 5.26 Å². The van der Waals surface area contributed by atoms with Gasteiger partial charge in [-0.3, -0.25) is 10.1 Å². The fraction of sp³-hybridized carbons (Fsp3) is 0.360. The van der Waals surface area contributed by atoms with E-state index in [1.807, 2.05) is 39.0 Å². The lowest BCUT2D eigenvalue weighted by molar-refractivity contribution is -0.118. The summed E-state index contributed by atoms with van der Waals surface area (Å²) in [6.45, 7) is 6.75. The Hall–Kier alpha value is -3.64. The number of carbonyl (C=O) groups is 1. The van der Waals surface area contributed by atoms with E-state index >= 15 is 0 Å². The minimum absolute atomic E-state index is 0.230. The average molecular weight is 481 g/mol. The van der Waals surface area contributed by atoms with Crippen LogP contribution in [0.4, 0.5) is 5.13 Å². The zero-order chi connectivity index (χ0) is 24.5. The van der Waals surface area contributed by atoms with Gasteiger partial charge in [-0.2, -0.15) is 5.26 Å². The largest absolute Gasteiger partial charge is 0.493 e. The standard InChI is InChI=1S/C25H28N4O4S/c1-5-23-28-29-25(34-23)27-24(30)19(15-26)13-18-6-7-21(22(14-18)31-4)33-9-8-32-20-11-16(2)10-17(3)12-20/h6-7,10-12,14,19H,5,8-9,13H2,1-4H3,(H,27,29,30). The van der Waals surface area contributed by atoms with Crippen LogP contribution in [-0.2, 0) is 17.6 Å². The highest BCUT2D eigenvalue weighted by atomic mass is 32.1. The number of methoxy groups -OCH3 is 1. The van der Waals surface area contributed by atoms with Crippen LogP contribution < -0.4 is 19.5 Å². The summed E-state index contributed by atoms with van der Waals surface area (Å²) in [5, 5.41) is 21.3. The molecular formula is C25H28N4O4S. The summed E-state index contributed by atoms with van der Waals surface area (Å²) in [6.07, 6.45) is 0.968. The summed E-state index contributed by atoms with van der Waals surface area (Å²) in [7, 11) is 1.55. The summed E-state index contributed by atoms with van der Waals surface area (Å²) in [5.74, 6) is 0.608. The summed E-state index contributed by atoms with van der Waals surface area (Å²) < 4.78 is 17.1. The zero-order valence-corrected chi connectivity index (χ0v) is 20.6. The second kappa shape index (κ2) is 12.0. The first-order valence-electron chi connectivity index (χ1n) is 11.0. The Morgan fingerprint density at radius 2 is 1.82 bits per heavy atom. The molecule has 0 bridgehead atoms. The summed E-state index contributed by atoms with van der Waals surface area (Å²) >= 11 is 1.30. The van der Waals surface area contributed by atoms with Crippen molar-refractivity contribution in [3.05, 3.63) is 58.1 Å². The average Bonchev–Trinajstić information content (AvgIpc) is 3.27. The number of hydrogen-bond acceptors (Lipinski definition) is 8. The molecule has 8 nitrogen and oxygen atoms in total. The van der Waals surface area contributed by atoms with Crippen molar-refractivity contribution >= 4 is 22.4 Å². The number of ether oxygens (including phenoxy) is 3. The predicted octanol–water partition coefficient (Wildman–Crippen LogP) is 4.50. The highest BCUT2D eigenvalue weighted by Gasteiger charge is 2.21. The van der Waals surface area contributed by atoms with Gasteiger partial charge in [0, 0.05) is 0 Å². The van der Waals surface area contributed by atoms with Gasteiger partial charge < -0.3 is 14.2 Å². The Balaban J connectivity index is 1.56. The molecule has 9 heteroatoms. The Morgan fingerprint density at radius 1 is 1.09 bits per heavy atom. The van der Waals surface area contributed by atoms with E-state index in [9.17, 15) is 10.1 Å². The molecular weight excluding hydrogens is 452 g/mol. The van der Waals surface area contributed by atoms with E-state index < -0.39 is 11.8 Å². The lowest BCUT2D eigenvalue weighted by atomic mass is 9.99. The van der Waals surface area contributed by atoms with E-state index in [2.05, 4.69) is 27.6 Å². The normalized spacial score (nSPS) is 11.4. The molecule has 0 spiro atoms. The van der Waals surface area contributed by atoms with Crippen LogP contribution >= 0.6 is 11.3 Å². The number of anilines is 1. The molecule has 0 fully saturated rings. The first-order chi connectivity index (χ1) is 16.4. The van der Waals surface area contributed by atoms with Crippen molar-refractivity contribution in [3.63, 3.8) is 0 Å². The summed E-state index contributed by atoms with van der Waals surface area (Å²) in [4.78, 5) is 12.5. The molecule has 1 N–H and O–H groups in total. The van der Waals surface area contributed by atoms with Crippen LogP contribution in [0.3, 0.4) is 0 Å². The zero-order valence-electron chi connectivity index (χ0n) is 19.8. The molecule has 1 atom stereocenters. The smallest absolute Gasteiger partial charge is 0.243 e. The van der Waals surface area contributed by atoms with Crippen molar-refractivity contribution in [2.75, 3.05) is 25.6 Å². The van der Waals surface area contributed by atoms with Gasteiger partial charge in [-0.15, -0.1) is 10.2 Å². The van der Waals surface area contributed by atoms with Gasteiger partial charge in [-0.05, 0) is 67.6 Å². The number of aromatic nitrogens is 2. The van der Waals surface area contributed by atoms with E-state index in [0.29, 0.717) is 29.8 Å². The Labute approximate surface area is 203 Å². The second-order valence-corrected chi connectivity index (χ2v) is 8.80. The van der Waals surface area contributed by atoms with Crippen LogP contribution in [0, 0.1) is 31.1 Å². The highest BCUT2D eigenvalue weighted by Crippen LogP contribution is 2.29. The number of carbonyl (C=O) groups excluding carboxylic acids is 1. The Bertz CT molecular complexity index is 1150. The number of nitrogens with one attached hydrogen (secondary N) is 1. The van der Waals surface area contributed by atoms with E-state index in [1.165, 1.54) is 11.3 Å². The minimum Gasteiger partial charge on any atom is -0.493 e. The predicted molar refractivity (Wildman–Crippen MR) is 131 cm³/mol. The molecule has 34 heavy (non-hydrogen) atoms. The van der Waals surface area contributed by atoms with E-state index in [4.69, 9.17) is 14.2 Å². The van der Waals surface area contributed by atoms with Crippen LogP contribution in [0.15, 0.2) is 36.4 Å². The molecule has 0 aliphatic heterocycles. The molecule has 0 saturated heterocycles. The van der Waals surface area contributed by atoms with Crippen molar-refractivity contribution in [2.24, 2.45) is 5.92 Å². The highest BCUT2D eigenvalue weighted by molar-refractivity contribution is 7.15. The van der Waals surface area contributed by atoms with Crippen LogP contribution in [-0.4, -0.2) is 36.4 Å². The number of rotatable bonds is 11. The number of nitrogens with zero attached hydrogens (tertiary/aromatic N) is 3. The van der Waals surface area contributed by atoms with Gasteiger partial charge in [0.05, 0.1) is 13.2 Å². The first-order valence-corrected chi connectivity index (χ1v) is 11.8. The molecule has 0 saturated carbocycles. The maximum Gasteiger partial charge on any atom is 0.243 e. The van der Waals surface area contributed by atoms with Gasteiger partial charge in [-0.25, -0.2) is 0 Å². The number of benzene rings is 2. The lowest BCUT2D eigenvalue weighted by Crippen LogP contribution is -2.23. The molecule has 1 heterocycles. The lowest BCUT2D eigenvalue weighted by Gasteiger charge is -2.14. The third kappa shape index (κ3) is 6.93. The van der Waals surface area contributed by atoms with Gasteiger partial charge in [0.2, 0.25) is 11.0 Å². The SMILES string of the molecule is CCc1nnc(NC(=O)C(C#N)Cc2ccc(OCCOc3cc(C)cc(C)c3)c(OC)c2)s1. The third-order valence-corrected chi connectivity index (χ3v) is 5.93. The summed E-state index contributed by atoms with van der Waals surface area (Å²) in [6, 6.07) is 13.5.